The molecule has 0 spiro atoms. The van der Waals surface area contributed by atoms with Crippen LogP contribution in [0.2, 0.25) is 5.02 Å². The second-order valence-corrected chi connectivity index (χ2v) is 31.3. The first-order valence-electron chi connectivity index (χ1n) is 43.4. The van der Waals surface area contributed by atoms with Gasteiger partial charge in [0.25, 0.3) is 0 Å². The number of unbranched alkanes of at least 4 members (excludes halogenated alkanes) is 2. The molecule has 0 saturated carbocycles. The van der Waals surface area contributed by atoms with E-state index < -0.39 is 29.8 Å². The van der Waals surface area contributed by atoms with E-state index in [0.29, 0.717) is 190 Å². The predicted molar refractivity (Wildman–Crippen MR) is 503 cm³/mol. The van der Waals surface area contributed by atoms with E-state index in [2.05, 4.69) is 29.0 Å². The maximum Gasteiger partial charge on any atom is 0.337 e. The maximum atomic E-state index is 12.6. The van der Waals surface area contributed by atoms with Crippen molar-refractivity contribution in [2.24, 2.45) is 0 Å². The van der Waals surface area contributed by atoms with Crippen LogP contribution < -0.4 is 75.8 Å². The topological polar surface area (TPSA) is 403 Å². The van der Waals surface area contributed by atoms with Gasteiger partial charge in [0.2, 0.25) is 20.4 Å². The maximum absolute atomic E-state index is 12.6. The minimum absolute atomic E-state index is 0.0127. The SMILES string of the molecule is CCCCn1ncc(/C=C(\Cc2cc3c(cc2OC)OCO3)C(=O)O)c1-c1ccc(OC)cc1OCc1cccc(Cl)c1C(=O)O.CCCCn1ncc(/C=C(\Cc2cc3c(cc2OC)OCO3)C(=O)O)c1-c1ccc(OC)cc1OCc1ccccc1C(=O)O.CCCOc1cncc(/C=C(\Cc2cc3c(cc2OC)OCO3)C(=O)O)c1-c1ccc(OC)cc1OCc1ccccc1CO. The van der Waals surface area contributed by atoms with Crippen molar-refractivity contribution in [3.8, 4) is 126 Å². The van der Waals surface area contributed by atoms with Crippen LogP contribution in [-0.2, 0) is 73.2 Å². The van der Waals surface area contributed by atoms with Gasteiger partial charge in [-0.1, -0.05) is 99.8 Å². The lowest BCUT2D eigenvalue weighted by atomic mass is 9.95. The number of fused-ring (bicyclic) bond motifs is 3. The van der Waals surface area contributed by atoms with E-state index in [4.69, 9.17) is 87.4 Å². The molecule has 12 aromatic rings. The number of ether oxygens (including phenoxy) is 16. The highest BCUT2D eigenvalue weighted by Crippen LogP contribution is 2.47. The Kier molecular flexibility index (Phi) is 33.4. The van der Waals surface area contributed by atoms with Crippen molar-refractivity contribution in [2.45, 2.75) is 112 Å². The van der Waals surface area contributed by atoms with Crippen LogP contribution in [0.15, 0.2) is 199 Å². The van der Waals surface area contributed by atoms with Gasteiger partial charge in [-0.25, -0.2) is 24.0 Å². The third kappa shape index (κ3) is 23.6. The minimum Gasteiger partial charge on any atom is -0.497 e. The van der Waals surface area contributed by atoms with Crippen molar-refractivity contribution in [3.05, 3.63) is 271 Å². The molecule has 6 N–H and O–H groups in total. The molecule has 3 aliphatic rings. The number of carboxylic acid groups (broad SMARTS) is 5. The Morgan fingerprint density at radius 1 is 0.390 bits per heavy atom. The molecular weight excluding hydrogens is 1770 g/mol. The van der Waals surface area contributed by atoms with E-state index in [9.17, 15) is 54.6 Å². The van der Waals surface area contributed by atoms with Gasteiger partial charge in [0.05, 0.1) is 102 Å². The average molecular weight is 1880 g/mol. The van der Waals surface area contributed by atoms with Crippen molar-refractivity contribution < 1.29 is 130 Å². The lowest BCUT2D eigenvalue weighted by molar-refractivity contribution is -0.133. The number of aromatic carboxylic acids is 2. The zero-order valence-corrected chi connectivity index (χ0v) is 76.9. The van der Waals surface area contributed by atoms with Crippen molar-refractivity contribution in [1.29, 1.82) is 0 Å². The Balaban J connectivity index is 0.000000173. The van der Waals surface area contributed by atoms with Gasteiger partial charge in [-0.3, -0.25) is 14.3 Å². The fourth-order valence-corrected chi connectivity index (χ4v) is 15.6. The molecule has 0 saturated heterocycles. The van der Waals surface area contributed by atoms with Gasteiger partial charge in [-0.05, 0) is 115 Å². The number of carbonyl (C=O) groups is 5. The summed E-state index contributed by atoms with van der Waals surface area (Å²) in [6.07, 6.45) is 15.6. The first-order chi connectivity index (χ1) is 66.0. The third-order valence-electron chi connectivity index (χ3n) is 22.2. The van der Waals surface area contributed by atoms with E-state index in [1.165, 1.54) is 40.6 Å². The normalized spacial score (nSPS) is 12.2. The van der Waals surface area contributed by atoms with Crippen LogP contribution in [0.25, 0.3) is 51.9 Å². The Labute approximate surface area is 788 Å². The van der Waals surface area contributed by atoms with Gasteiger partial charge in [0.1, 0.15) is 77.3 Å². The van der Waals surface area contributed by atoms with Gasteiger partial charge >= 0.3 is 29.8 Å². The fraction of sp³-hybridized carbons (Fsp3) is 0.262. The number of nitrogens with zero attached hydrogens (tertiary/aromatic N) is 5. The summed E-state index contributed by atoms with van der Waals surface area (Å²) < 4.78 is 94.5. The van der Waals surface area contributed by atoms with Crippen LogP contribution in [0.3, 0.4) is 0 Å². The molecule has 0 amide bonds. The van der Waals surface area contributed by atoms with Crippen LogP contribution >= 0.6 is 11.6 Å². The van der Waals surface area contributed by atoms with Gasteiger partial charge < -0.3 is 106 Å². The summed E-state index contributed by atoms with van der Waals surface area (Å²) in [5, 5.41) is 69.5. The van der Waals surface area contributed by atoms with E-state index >= 15 is 0 Å². The van der Waals surface area contributed by atoms with Crippen molar-refractivity contribution in [1.82, 2.24) is 24.5 Å². The highest BCUT2D eigenvalue weighted by molar-refractivity contribution is 6.33. The number of benzene rings is 9. The number of rotatable bonds is 42. The molecule has 15 rings (SSSR count). The van der Waals surface area contributed by atoms with Crippen molar-refractivity contribution in [2.75, 3.05) is 69.6 Å². The number of methoxy groups -OCH3 is 6. The molecule has 0 atom stereocenters. The lowest BCUT2D eigenvalue weighted by Gasteiger charge is -2.19. The summed E-state index contributed by atoms with van der Waals surface area (Å²) >= 11 is 6.19. The molecule has 3 aromatic heterocycles. The average Bonchev–Trinajstić information content (AvgIpc) is 1.45. The number of hydrogen-bond acceptors (Lipinski definition) is 25. The van der Waals surface area contributed by atoms with Crippen LogP contribution in [0.5, 0.6) is 92.0 Å². The number of aliphatic hydroxyl groups is 1. The fourth-order valence-electron chi connectivity index (χ4n) is 15.3. The van der Waals surface area contributed by atoms with Crippen molar-refractivity contribution in [3.63, 3.8) is 0 Å². The molecule has 0 fully saturated rings. The molecule has 3 aliphatic heterocycles. The van der Waals surface area contributed by atoms with Crippen LogP contribution in [0, 0.1) is 0 Å². The van der Waals surface area contributed by atoms with E-state index in [1.54, 1.807) is 160 Å². The third-order valence-corrected chi connectivity index (χ3v) is 22.5. The molecule has 136 heavy (non-hydrogen) atoms. The predicted octanol–water partition coefficient (Wildman–Crippen LogP) is 18.9. The summed E-state index contributed by atoms with van der Waals surface area (Å²) in [6.45, 7) is 7.92. The standard InChI is InChI=1S/C35H35NO9.C34H33ClN2O9.C34H34N2O9/c1-4-11-42-33-18-36-17-26(13-25(35(38)39)12-24-14-31-32(45-21-44-31)16-29(24)41-3)34(33)28-10-9-27(40-2)15-30(28)43-20-23-8-6-5-7-22(23)19-37;1-4-5-11-37-32(25-10-9-24(42-2)15-28(25)44-18-20-7-6-8-26(35)31(20)34(40)41)23(17-36-37)13-22(33(38)39)12-21-14-29-30(46-19-45-29)16-27(21)43-3;1-4-5-12-36-32(27-11-10-25(41-2)16-29(27)43-19-21-8-6-7-9-26(21)34(39)40)24(18-35-36)14-23(33(37)38)13-22-15-30-31(45-20-44-30)17-28(22)42-3/h5-10,13-18,37H,4,11-12,19-21H2,1-3H3,(H,38,39);6-10,13-17H,4-5,11-12,18-19H2,1-3H3,(H,38,39)(H,40,41);6-11,14-18H,4-5,12-13,19-20H2,1-3H3,(H,37,38)(H,39,40)/b25-13+;22-13+;23-14+. The lowest BCUT2D eigenvalue weighted by Crippen LogP contribution is -2.08. The second kappa shape index (κ2) is 46.5. The molecule has 0 radical (unpaired) electrons. The zero-order valence-electron chi connectivity index (χ0n) is 76.2. The number of hydrogen-bond donors (Lipinski definition) is 6. The Morgan fingerprint density at radius 3 is 1.20 bits per heavy atom. The van der Waals surface area contributed by atoms with Gasteiger partial charge in [0, 0.05) is 158 Å². The number of pyridine rings is 1. The first kappa shape index (κ1) is 97.7. The second-order valence-electron chi connectivity index (χ2n) is 30.9. The number of aliphatic hydroxyl groups excluding tert-OH is 1. The molecule has 708 valence electrons. The van der Waals surface area contributed by atoms with E-state index in [0.717, 1.165) is 43.2 Å². The largest absolute Gasteiger partial charge is 0.497 e. The minimum atomic E-state index is -1.17. The van der Waals surface area contributed by atoms with E-state index in [-0.39, 0.29) is 98.9 Å². The molecule has 0 bridgehead atoms. The summed E-state index contributed by atoms with van der Waals surface area (Å²) in [4.78, 5) is 65.9. The van der Waals surface area contributed by atoms with Crippen LogP contribution in [-0.4, -0.2) is 155 Å². The summed E-state index contributed by atoms with van der Waals surface area (Å²) in [5.74, 6) is 2.48. The summed E-state index contributed by atoms with van der Waals surface area (Å²) in [7, 11) is 9.19. The molecular formula is C103H102ClN5O27. The number of aromatic nitrogens is 5. The summed E-state index contributed by atoms with van der Waals surface area (Å²) in [5.41, 5.74) is 10.2. The zero-order chi connectivity index (χ0) is 96.5. The number of carboxylic acids is 5. The molecule has 0 aliphatic carbocycles. The molecule has 9 aromatic carbocycles. The molecule has 33 heteroatoms. The monoisotopic (exact) mass is 1880 g/mol. The molecule has 32 nitrogen and oxygen atoms in total. The Hall–Kier alpha value is -15.8. The van der Waals surface area contributed by atoms with E-state index in [1.807, 2.05) is 58.8 Å². The van der Waals surface area contributed by atoms with Gasteiger partial charge in [0.15, 0.2) is 34.5 Å². The van der Waals surface area contributed by atoms with Gasteiger partial charge in [-0.2, -0.15) is 10.2 Å². The van der Waals surface area contributed by atoms with Crippen LogP contribution in [0.1, 0.15) is 129 Å². The number of halogens is 1. The highest BCUT2D eigenvalue weighted by atomic mass is 35.5. The highest BCUT2D eigenvalue weighted by Gasteiger charge is 2.30. The quantitative estimate of drug-likeness (QED) is 0.0194. The number of aryl methyl sites for hydroxylation is 2. The Bertz CT molecular complexity index is 6450. The van der Waals surface area contributed by atoms with Crippen molar-refractivity contribution >= 4 is 59.7 Å². The molecule has 0 unspecified atom stereocenters. The smallest absolute Gasteiger partial charge is 0.337 e. The molecule has 6 heterocycles. The van der Waals surface area contributed by atoms with Gasteiger partial charge in [-0.15, -0.1) is 0 Å². The Morgan fingerprint density at radius 2 is 0.787 bits per heavy atom. The first-order valence-corrected chi connectivity index (χ1v) is 43.8. The number of aliphatic carboxylic acids is 3. The van der Waals surface area contributed by atoms with Crippen LogP contribution in [0.4, 0.5) is 0 Å². The summed E-state index contributed by atoms with van der Waals surface area (Å²) in [6, 6.07) is 45.2.